The maximum Gasteiger partial charge on any atom is 0.340 e. The molecule has 1 aromatic rings. The first-order valence-electron chi connectivity index (χ1n) is 7.14. The Morgan fingerprint density at radius 2 is 1.90 bits per heavy atom. The molecule has 2 rings (SSSR count). The minimum absolute atomic E-state index is 0.262. The van der Waals surface area contributed by atoms with Gasteiger partial charge in [0.2, 0.25) is 0 Å². The highest BCUT2D eigenvalue weighted by molar-refractivity contribution is 5.95. The summed E-state index contributed by atoms with van der Waals surface area (Å²) in [4.78, 5) is 11.7. The van der Waals surface area contributed by atoms with Gasteiger partial charge >= 0.3 is 5.97 Å². The molecule has 0 bridgehead atoms. The van der Waals surface area contributed by atoms with Gasteiger partial charge in [-0.3, -0.25) is 0 Å². The smallest absolute Gasteiger partial charge is 0.340 e. The SMILES string of the molecule is COC(=O)c1cc(F)ccc1NC1CC(C)CC(C)C1. The molecule has 1 fully saturated rings. The molecule has 0 spiro atoms. The molecule has 4 heteroatoms. The van der Waals surface area contributed by atoms with Crippen molar-refractivity contribution >= 4 is 11.7 Å². The third kappa shape index (κ3) is 3.50. The molecule has 1 saturated carbocycles. The molecule has 0 aromatic heterocycles. The van der Waals surface area contributed by atoms with Gasteiger partial charge in [0.25, 0.3) is 0 Å². The van der Waals surface area contributed by atoms with Gasteiger partial charge < -0.3 is 10.1 Å². The predicted molar refractivity (Wildman–Crippen MR) is 77.3 cm³/mol. The summed E-state index contributed by atoms with van der Waals surface area (Å²) in [6.45, 7) is 4.49. The molecule has 0 aliphatic heterocycles. The van der Waals surface area contributed by atoms with Crippen LogP contribution in [0.2, 0.25) is 0 Å². The second-order valence-electron chi connectivity index (χ2n) is 5.94. The first-order valence-corrected chi connectivity index (χ1v) is 7.14. The summed E-state index contributed by atoms with van der Waals surface area (Å²) in [5.74, 6) is 0.391. The lowest BCUT2D eigenvalue weighted by atomic mass is 9.80. The average molecular weight is 279 g/mol. The van der Waals surface area contributed by atoms with Gasteiger partial charge in [0.15, 0.2) is 0 Å². The first kappa shape index (κ1) is 14.8. The van der Waals surface area contributed by atoms with E-state index in [2.05, 4.69) is 19.2 Å². The van der Waals surface area contributed by atoms with Crippen LogP contribution in [0.25, 0.3) is 0 Å². The minimum Gasteiger partial charge on any atom is -0.465 e. The van der Waals surface area contributed by atoms with E-state index in [0.29, 0.717) is 23.6 Å². The van der Waals surface area contributed by atoms with Crippen LogP contribution in [0.1, 0.15) is 43.5 Å². The third-order valence-electron chi connectivity index (χ3n) is 3.93. The standard InChI is InChI=1S/C16H22FNO2/c1-10-6-11(2)8-13(7-10)18-15-5-4-12(17)9-14(15)16(19)20-3/h4-5,9-11,13,18H,6-8H2,1-3H3. The van der Waals surface area contributed by atoms with E-state index in [1.807, 2.05) is 0 Å². The molecule has 2 unspecified atom stereocenters. The van der Waals surface area contributed by atoms with Crippen molar-refractivity contribution in [3.05, 3.63) is 29.6 Å². The van der Waals surface area contributed by atoms with Crippen molar-refractivity contribution in [2.24, 2.45) is 11.8 Å². The van der Waals surface area contributed by atoms with Crippen molar-refractivity contribution in [2.75, 3.05) is 12.4 Å². The molecule has 0 heterocycles. The van der Waals surface area contributed by atoms with Crippen LogP contribution in [0.15, 0.2) is 18.2 Å². The van der Waals surface area contributed by atoms with Crippen molar-refractivity contribution in [1.82, 2.24) is 0 Å². The lowest BCUT2D eigenvalue weighted by Gasteiger charge is -2.33. The number of hydrogen-bond donors (Lipinski definition) is 1. The van der Waals surface area contributed by atoms with E-state index in [0.717, 1.165) is 12.8 Å². The van der Waals surface area contributed by atoms with Crippen LogP contribution < -0.4 is 5.32 Å². The van der Waals surface area contributed by atoms with Crippen molar-refractivity contribution in [3.63, 3.8) is 0 Å². The van der Waals surface area contributed by atoms with E-state index in [-0.39, 0.29) is 5.56 Å². The van der Waals surface area contributed by atoms with Crippen molar-refractivity contribution < 1.29 is 13.9 Å². The summed E-state index contributed by atoms with van der Waals surface area (Å²) in [6, 6.07) is 4.53. The number of carbonyl (C=O) groups is 1. The fraction of sp³-hybridized carbons (Fsp3) is 0.562. The lowest BCUT2D eigenvalue weighted by molar-refractivity contribution is 0.0601. The molecule has 1 aromatic carbocycles. The number of methoxy groups -OCH3 is 1. The van der Waals surface area contributed by atoms with Gasteiger partial charge in [-0.1, -0.05) is 13.8 Å². The first-order chi connectivity index (χ1) is 9.49. The molecular formula is C16H22FNO2. The summed E-state index contributed by atoms with van der Waals surface area (Å²) >= 11 is 0. The zero-order valence-corrected chi connectivity index (χ0v) is 12.3. The summed E-state index contributed by atoms with van der Waals surface area (Å²) < 4.78 is 18.0. The highest BCUT2D eigenvalue weighted by Gasteiger charge is 2.25. The molecular weight excluding hydrogens is 257 g/mol. The zero-order valence-electron chi connectivity index (χ0n) is 12.3. The molecule has 110 valence electrons. The second kappa shape index (κ2) is 6.25. The Hall–Kier alpha value is -1.58. The quantitative estimate of drug-likeness (QED) is 0.854. The van der Waals surface area contributed by atoms with Crippen LogP contribution in [-0.2, 0) is 4.74 Å². The number of benzene rings is 1. The van der Waals surface area contributed by atoms with Gasteiger partial charge in [0, 0.05) is 11.7 Å². The molecule has 1 aliphatic rings. The van der Waals surface area contributed by atoms with E-state index in [9.17, 15) is 9.18 Å². The third-order valence-corrected chi connectivity index (χ3v) is 3.93. The molecule has 2 atom stereocenters. The summed E-state index contributed by atoms with van der Waals surface area (Å²) in [7, 11) is 1.31. The van der Waals surface area contributed by atoms with Crippen molar-refractivity contribution in [3.8, 4) is 0 Å². The van der Waals surface area contributed by atoms with Gasteiger partial charge in [-0.05, 0) is 49.3 Å². The number of esters is 1. The van der Waals surface area contributed by atoms with E-state index in [1.54, 1.807) is 6.07 Å². The zero-order chi connectivity index (χ0) is 14.7. The fourth-order valence-corrected chi connectivity index (χ4v) is 3.21. The summed E-state index contributed by atoms with van der Waals surface area (Å²) in [5.41, 5.74) is 0.919. The van der Waals surface area contributed by atoms with Crippen LogP contribution >= 0.6 is 0 Å². The molecule has 1 aliphatic carbocycles. The Morgan fingerprint density at radius 1 is 1.25 bits per heavy atom. The van der Waals surface area contributed by atoms with Crippen molar-refractivity contribution in [2.45, 2.75) is 39.2 Å². The molecule has 3 nitrogen and oxygen atoms in total. The summed E-state index contributed by atoms with van der Waals surface area (Å²) in [6.07, 6.45) is 3.39. The number of hydrogen-bond acceptors (Lipinski definition) is 3. The van der Waals surface area contributed by atoms with Crippen LogP contribution in [0.5, 0.6) is 0 Å². The largest absolute Gasteiger partial charge is 0.465 e. The summed E-state index contributed by atoms with van der Waals surface area (Å²) in [5, 5.41) is 3.39. The number of carbonyl (C=O) groups excluding carboxylic acids is 1. The Labute approximate surface area is 119 Å². The molecule has 0 amide bonds. The van der Waals surface area contributed by atoms with Gasteiger partial charge in [-0.15, -0.1) is 0 Å². The minimum atomic E-state index is -0.510. The molecule has 1 N–H and O–H groups in total. The van der Waals surface area contributed by atoms with Gasteiger partial charge in [0.1, 0.15) is 5.82 Å². The highest BCUT2D eigenvalue weighted by Crippen LogP contribution is 2.31. The Bertz CT molecular complexity index is 479. The second-order valence-corrected chi connectivity index (χ2v) is 5.94. The molecule has 0 radical (unpaired) electrons. The van der Waals surface area contributed by atoms with Crippen LogP contribution in [0.4, 0.5) is 10.1 Å². The van der Waals surface area contributed by atoms with Crippen LogP contribution in [0.3, 0.4) is 0 Å². The predicted octanol–water partition coefficient (Wildman–Crippen LogP) is 3.85. The number of nitrogens with one attached hydrogen (secondary N) is 1. The normalized spacial score (nSPS) is 26.1. The van der Waals surface area contributed by atoms with Crippen LogP contribution in [0, 0.1) is 17.7 Å². The number of rotatable bonds is 3. The lowest BCUT2D eigenvalue weighted by Crippen LogP contribution is -2.30. The Balaban J connectivity index is 2.18. The van der Waals surface area contributed by atoms with E-state index < -0.39 is 11.8 Å². The van der Waals surface area contributed by atoms with Crippen molar-refractivity contribution in [1.29, 1.82) is 0 Å². The number of anilines is 1. The molecule has 20 heavy (non-hydrogen) atoms. The average Bonchev–Trinajstić information content (AvgIpc) is 2.38. The van der Waals surface area contributed by atoms with Gasteiger partial charge in [-0.25, -0.2) is 9.18 Å². The number of ether oxygens (including phenoxy) is 1. The fourth-order valence-electron chi connectivity index (χ4n) is 3.21. The van der Waals surface area contributed by atoms with Gasteiger partial charge in [0.05, 0.1) is 12.7 Å². The van der Waals surface area contributed by atoms with E-state index >= 15 is 0 Å². The monoisotopic (exact) mass is 279 g/mol. The van der Waals surface area contributed by atoms with E-state index in [1.165, 1.54) is 25.7 Å². The maximum atomic E-state index is 13.3. The maximum absolute atomic E-state index is 13.3. The topological polar surface area (TPSA) is 38.3 Å². The number of halogens is 1. The van der Waals surface area contributed by atoms with Crippen LogP contribution in [-0.4, -0.2) is 19.1 Å². The van der Waals surface area contributed by atoms with E-state index in [4.69, 9.17) is 4.74 Å². The Morgan fingerprint density at radius 3 is 2.50 bits per heavy atom. The Kier molecular flexibility index (Phi) is 4.63. The molecule has 0 saturated heterocycles. The highest BCUT2D eigenvalue weighted by atomic mass is 19.1. The van der Waals surface area contributed by atoms with Gasteiger partial charge in [-0.2, -0.15) is 0 Å².